The molecule has 1 aromatic heterocycles. The van der Waals surface area contributed by atoms with Crippen LogP contribution in [0.2, 0.25) is 0 Å². The highest BCUT2D eigenvalue weighted by Crippen LogP contribution is 2.32. The molecule has 1 fully saturated rings. The van der Waals surface area contributed by atoms with E-state index in [0.29, 0.717) is 0 Å². The first-order valence-corrected chi connectivity index (χ1v) is 5.35. The Morgan fingerprint density at radius 1 is 1.47 bits per heavy atom. The van der Waals surface area contributed by atoms with Gasteiger partial charge in [0.1, 0.15) is 5.75 Å². The summed E-state index contributed by atoms with van der Waals surface area (Å²) < 4.78 is 7.42. The zero-order valence-electron chi connectivity index (χ0n) is 8.81. The highest BCUT2D eigenvalue weighted by molar-refractivity contribution is 5.77. The second-order valence-corrected chi connectivity index (χ2v) is 4.19. The summed E-state index contributed by atoms with van der Waals surface area (Å²) in [5.41, 5.74) is 2.23. The van der Waals surface area contributed by atoms with E-state index in [0.717, 1.165) is 23.7 Å². The first-order chi connectivity index (χ1) is 7.36. The van der Waals surface area contributed by atoms with Gasteiger partial charge < -0.3 is 9.30 Å². The van der Waals surface area contributed by atoms with Gasteiger partial charge in [-0.15, -0.1) is 0 Å². The van der Waals surface area contributed by atoms with Gasteiger partial charge in [-0.05, 0) is 30.9 Å². The summed E-state index contributed by atoms with van der Waals surface area (Å²) in [7, 11) is 1.68. The molecule has 0 radical (unpaired) electrons. The first-order valence-electron chi connectivity index (χ1n) is 5.35. The minimum absolute atomic E-state index is 0.874. The number of ether oxygens (including phenoxy) is 1. The van der Waals surface area contributed by atoms with Crippen LogP contribution < -0.4 is 4.74 Å². The fourth-order valence-corrected chi connectivity index (χ4v) is 1.89. The third-order valence-electron chi connectivity index (χ3n) is 2.98. The summed E-state index contributed by atoms with van der Waals surface area (Å²) in [6.45, 7) is 1.11. The van der Waals surface area contributed by atoms with Gasteiger partial charge in [0.05, 0.1) is 24.5 Å². The standard InChI is InChI=1S/C12H14N2O/c1-15-10-4-5-12-11(6-10)13-8-14(12)7-9-2-3-9/h4-6,8-9H,2-3,7H2,1H3. The lowest BCUT2D eigenvalue weighted by Crippen LogP contribution is -1.97. The van der Waals surface area contributed by atoms with Gasteiger partial charge in [0.15, 0.2) is 0 Å². The summed E-state index contributed by atoms with van der Waals surface area (Å²) in [5.74, 6) is 1.75. The molecule has 0 amide bonds. The van der Waals surface area contributed by atoms with Crippen molar-refractivity contribution in [2.45, 2.75) is 19.4 Å². The van der Waals surface area contributed by atoms with Crippen LogP contribution in [0.4, 0.5) is 0 Å². The van der Waals surface area contributed by atoms with Gasteiger partial charge in [-0.25, -0.2) is 4.98 Å². The van der Waals surface area contributed by atoms with E-state index in [9.17, 15) is 0 Å². The normalized spacial score (nSPS) is 15.8. The highest BCUT2D eigenvalue weighted by Gasteiger charge is 2.22. The number of imidazole rings is 1. The predicted molar refractivity (Wildman–Crippen MR) is 59.0 cm³/mol. The zero-order chi connectivity index (χ0) is 10.3. The maximum absolute atomic E-state index is 5.18. The lowest BCUT2D eigenvalue weighted by atomic mass is 10.3. The minimum Gasteiger partial charge on any atom is -0.497 e. The van der Waals surface area contributed by atoms with Gasteiger partial charge in [0.25, 0.3) is 0 Å². The maximum atomic E-state index is 5.18. The number of hydrogen-bond acceptors (Lipinski definition) is 2. The number of nitrogens with zero attached hydrogens (tertiary/aromatic N) is 2. The molecule has 0 unspecified atom stereocenters. The Kier molecular flexibility index (Phi) is 1.91. The summed E-state index contributed by atoms with van der Waals surface area (Å²) >= 11 is 0. The van der Waals surface area contributed by atoms with Crippen LogP contribution in [-0.4, -0.2) is 16.7 Å². The van der Waals surface area contributed by atoms with Gasteiger partial charge in [0, 0.05) is 12.6 Å². The quantitative estimate of drug-likeness (QED) is 0.764. The molecule has 1 aromatic carbocycles. The molecule has 15 heavy (non-hydrogen) atoms. The van der Waals surface area contributed by atoms with Crippen molar-refractivity contribution in [3.8, 4) is 5.75 Å². The Bertz CT molecular complexity index is 485. The Morgan fingerprint density at radius 3 is 3.07 bits per heavy atom. The van der Waals surface area contributed by atoms with Crippen molar-refractivity contribution in [1.29, 1.82) is 0 Å². The van der Waals surface area contributed by atoms with Crippen LogP contribution in [0.15, 0.2) is 24.5 Å². The van der Waals surface area contributed by atoms with Crippen LogP contribution >= 0.6 is 0 Å². The molecule has 3 nitrogen and oxygen atoms in total. The number of fused-ring (bicyclic) bond motifs is 1. The van der Waals surface area contributed by atoms with E-state index in [-0.39, 0.29) is 0 Å². The number of rotatable bonds is 3. The van der Waals surface area contributed by atoms with Crippen molar-refractivity contribution in [3.63, 3.8) is 0 Å². The number of hydrogen-bond donors (Lipinski definition) is 0. The summed E-state index contributed by atoms with van der Waals surface area (Å²) in [6, 6.07) is 6.07. The second-order valence-electron chi connectivity index (χ2n) is 4.19. The molecule has 2 aromatic rings. The second kappa shape index (κ2) is 3.26. The van der Waals surface area contributed by atoms with Gasteiger partial charge in [-0.3, -0.25) is 0 Å². The molecule has 0 N–H and O–H groups in total. The lowest BCUT2D eigenvalue weighted by Gasteiger charge is -2.03. The topological polar surface area (TPSA) is 27.1 Å². The molecular weight excluding hydrogens is 188 g/mol. The summed E-state index contributed by atoms with van der Waals surface area (Å²) in [4.78, 5) is 4.39. The fraction of sp³-hybridized carbons (Fsp3) is 0.417. The summed E-state index contributed by atoms with van der Waals surface area (Å²) in [5, 5.41) is 0. The molecule has 0 spiro atoms. The molecule has 1 aliphatic rings. The zero-order valence-corrected chi connectivity index (χ0v) is 8.81. The van der Waals surface area contributed by atoms with Crippen LogP contribution in [0.5, 0.6) is 5.75 Å². The van der Waals surface area contributed by atoms with Crippen LogP contribution in [0.25, 0.3) is 11.0 Å². The molecule has 0 bridgehead atoms. The molecule has 1 aliphatic carbocycles. The average molecular weight is 202 g/mol. The fourth-order valence-electron chi connectivity index (χ4n) is 1.89. The first kappa shape index (κ1) is 8.77. The molecule has 3 heteroatoms. The van der Waals surface area contributed by atoms with Crippen molar-refractivity contribution in [2.75, 3.05) is 7.11 Å². The third kappa shape index (κ3) is 1.58. The number of methoxy groups -OCH3 is 1. The van der Waals surface area contributed by atoms with Crippen molar-refractivity contribution < 1.29 is 4.74 Å². The highest BCUT2D eigenvalue weighted by atomic mass is 16.5. The Morgan fingerprint density at radius 2 is 2.33 bits per heavy atom. The molecule has 1 saturated carbocycles. The Hall–Kier alpha value is -1.51. The monoisotopic (exact) mass is 202 g/mol. The van der Waals surface area contributed by atoms with Crippen LogP contribution in [0, 0.1) is 5.92 Å². The lowest BCUT2D eigenvalue weighted by molar-refractivity contribution is 0.415. The van der Waals surface area contributed by atoms with Crippen LogP contribution in [0.1, 0.15) is 12.8 Å². The Labute approximate surface area is 88.7 Å². The molecule has 78 valence electrons. The van der Waals surface area contributed by atoms with E-state index in [4.69, 9.17) is 4.74 Å². The van der Waals surface area contributed by atoms with Gasteiger partial charge >= 0.3 is 0 Å². The molecule has 1 heterocycles. The SMILES string of the molecule is COc1ccc2c(c1)ncn2CC1CC1. The molecule has 0 atom stereocenters. The minimum atomic E-state index is 0.874. The van der Waals surface area contributed by atoms with Crippen molar-refractivity contribution in [3.05, 3.63) is 24.5 Å². The predicted octanol–water partition coefficient (Wildman–Crippen LogP) is 2.45. The van der Waals surface area contributed by atoms with E-state index < -0.39 is 0 Å². The van der Waals surface area contributed by atoms with Crippen molar-refractivity contribution in [1.82, 2.24) is 9.55 Å². The largest absolute Gasteiger partial charge is 0.497 e. The average Bonchev–Trinajstić information content (AvgIpc) is 2.99. The van der Waals surface area contributed by atoms with Gasteiger partial charge in [-0.1, -0.05) is 0 Å². The smallest absolute Gasteiger partial charge is 0.121 e. The molecule has 0 saturated heterocycles. The number of benzene rings is 1. The number of aromatic nitrogens is 2. The molecular formula is C12H14N2O. The van der Waals surface area contributed by atoms with Crippen molar-refractivity contribution in [2.24, 2.45) is 5.92 Å². The van der Waals surface area contributed by atoms with E-state index in [1.165, 1.54) is 18.4 Å². The van der Waals surface area contributed by atoms with E-state index >= 15 is 0 Å². The van der Waals surface area contributed by atoms with Gasteiger partial charge in [0.2, 0.25) is 0 Å². The van der Waals surface area contributed by atoms with Crippen molar-refractivity contribution >= 4 is 11.0 Å². The molecule has 0 aliphatic heterocycles. The van der Waals surface area contributed by atoms with E-state index in [1.807, 2.05) is 18.5 Å². The van der Waals surface area contributed by atoms with Gasteiger partial charge in [-0.2, -0.15) is 0 Å². The van der Waals surface area contributed by atoms with E-state index in [1.54, 1.807) is 7.11 Å². The van der Waals surface area contributed by atoms with Crippen LogP contribution in [0.3, 0.4) is 0 Å². The summed E-state index contributed by atoms with van der Waals surface area (Å²) in [6.07, 6.45) is 4.67. The third-order valence-corrected chi connectivity index (χ3v) is 2.98. The maximum Gasteiger partial charge on any atom is 0.121 e. The van der Waals surface area contributed by atoms with Crippen LogP contribution in [-0.2, 0) is 6.54 Å². The van der Waals surface area contributed by atoms with E-state index in [2.05, 4.69) is 15.6 Å². The Balaban J connectivity index is 2.01. The molecule has 3 rings (SSSR count).